The number of fused-ring (bicyclic) bond motifs is 1. The van der Waals surface area contributed by atoms with E-state index in [0.717, 1.165) is 10.6 Å². The summed E-state index contributed by atoms with van der Waals surface area (Å²) in [6, 6.07) is 14.0. The largest absolute Gasteiger partial charge is 0.356 e. The van der Waals surface area contributed by atoms with Gasteiger partial charge in [-0.15, -0.1) is 11.8 Å². The number of carbonyl (C=O) groups is 2. The van der Waals surface area contributed by atoms with Crippen LogP contribution in [0.5, 0.6) is 0 Å². The van der Waals surface area contributed by atoms with Gasteiger partial charge in [-0.05, 0) is 30.2 Å². The molecule has 0 aromatic heterocycles. The van der Waals surface area contributed by atoms with Crippen molar-refractivity contribution in [1.82, 2.24) is 5.32 Å². The van der Waals surface area contributed by atoms with Crippen LogP contribution in [0.3, 0.4) is 0 Å². The highest BCUT2D eigenvalue weighted by Crippen LogP contribution is 2.36. The van der Waals surface area contributed by atoms with Gasteiger partial charge in [0.2, 0.25) is 11.8 Å². The zero-order chi connectivity index (χ0) is 16.9. The van der Waals surface area contributed by atoms with Crippen LogP contribution in [0.25, 0.3) is 0 Å². The van der Waals surface area contributed by atoms with Crippen LogP contribution in [-0.2, 0) is 16.0 Å². The lowest BCUT2D eigenvalue weighted by Gasteiger charge is -2.23. The molecule has 0 fully saturated rings. The monoisotopic (exact) mass is 344 g/mol. The predicted molar refractivity (Wildman–Crippen MR) is 92.4 cm³/mol. The van der Waals surface area contributed by atoms with Gasteiger partial charge in [0.05, 0.1) is 10.9 Å². The second kappa shape index (κ2) is 7.49. The van der Waals surface area contributed by atoms with Crippen LogP contribution >= 0.6 is 11.8 Å². The highest BCUT2D eigenvalue weighted by molar-refractivity contribution is 8.01. The highest BCUT2D eigenvalue weighted by atomic mass is 32.2. The van der Waals surface area contributed by atoms with Crippen molar-refractivity contribution >= 4 is 29.3 Å². The number of benzene rings is 2. The Balaban J connectivity index is 1.50. The molecule has 4 nitrogen and oxygen atoms in total. The fourth-order valence-electron chi connectivity index (χ4n) is 2.51. The number of carbonyl (C=O) groups excluding carboxylic acids is 2. The number of para-hydroxylation sites is 1. The van der Waals surface area contributed by atoms with Gasteiger partial charge in [-0.25, -0.2) is 4.39 Å². The predicted octanol–water partition coefficient (Wildman–Crippen LogP) is 2.99. The molecule has 0 saturated heterocycles. The molecule has 24 heavy (non-hydrogen) atoms. The number of anilines is 1. The van der Waals surface area contributed by atoms with Crippen molar-refractivity contribution in [3.05, 3.63) is 59.9 Å². The molecule has 0 spiro atoms. The van der Waals surface area contributed by atoms with Crippen LogP contribution in [-0.4, -0.2) is 23.6 Å². The third-order valence-corrected chi connectivity index (χ3v) is 5.03. The average Bonchev–Trinajstić information content (AvgIpc) is 2.57. The van der Waals surface area contributed by atoms with E-state index < -0.39 is 5.25 Å². The molecule has 0 aliphatic carbocycles. The smallest absolute Gasteiger partial charge is 0.238 e. The molecule has 2 aromatic rings. The van der Waals surface area contributed by atoms with Crippen molar-refractivity contribution in [2.75, 3.05) is 11.9 Å². The van der Waals surface area contributed by atoms with E-state index in [1.54, 1.807) is 18.2 Å². The third-order valence-electron chi connectivity index (χ3n) is 3.75. The van der Waals surface area contributed by atoms with Crippen molar-refractivity contribution in [2.24, 2.45) is 0 Å². The summed E-state index contributed by atoms with van der Waals surface area (Å²) in [4.78, 5) is 25.1. The normalized spacial score (nSPS) is 16.2. The van der Waals surface area contributed by atoms with Gasteiger partial charge in [0.15, 0.2) is 0 Å². The molecule has 2 N–H and O–H groups in total. The first kappa shape index (κ1) is 16.5. The van der Waals surface area contributed by atoms with E-state index in [4.69, 9.17) is 0 Å². The number of thioether (sulfide) groups is 1. The summed E-state index contributed by atoms with van der Waals surface area (Å²) in [5.74, 6) is -0.646. The van der Waals surface area contributed by atoms with Gasteiger partial charge in [-0.2, -0.15) is 0 Å². The zero-order valence-electron chi connectivity index (χ0n) is 12.9. The van der Waals surface area contributed by atoms with Crippen molar-refractivity contribution < 1.29 is 14.0 Å². The molecule has 1 aliphatic heterocycles. The van der Waals surface area contributed by atoms with E-state index in [2.05, 4.69) is 10.6 Å². The summed E-state index contributed by atoms with van der Waals surface area (Å²) < 4.78 is 13.5. The second-order valence-corrected chi connectivity index (χ2v) is 6.73. The van der Waals surface area contributed by atoms with Crippen LogP contribution in [0.15, 0.2) is 53.4 Å². The fraction of sp³-hybridized carbons (Fsp3) is 0.222. The van der Waals surface area contributed by atoms with Gasteiger partial charge in [0, 0.05) is 17.9 Å². The average molecular weight is 344 g/mol. The molecule has 3 rings (SSSR count). The van der Waals surface area contributed by atoms with Gasteiger partial charge in [0.1, 0.15) is 5.82 Å². The Morgan fingerprint density at radius 3 is 2.75 bits per heavy atom. The molecule has 2 aromatic carbocycles. The Morgan fingerprint density at radius 1 is 1.17 bits per heavy atom. The Labute approximate surface area is 143 Å². The molecule has 0 bridgehead atoms. The maximum Gasteiger partial charge on any atom is 0.238 e. The molecule has 0 unspecified atom stereocenters. The van der Waals surface area contributed by atoms with Crippen LogP contribution in [0.2, 0.25) is 0 Å². The minimum Gasteiger partial charge on any atom is -0.356 e. The molecule has 0 saturated carbocycles. The van der Waals surface area contributed by atoms with Crippen LogP contribution in [0, 0.1) is 5.82 Å². The maximum absolute atomic E-state index is 13.5. The van der Waals surface area contributed by atoms with Gasteiger partial charge in [-0.3, -0.25) is 9.59 Å². The summed E-state index contributed by atoms with van der Waals surface area (Å²) in [6.45, 7) is 0.343. The van der Waals surface area contributed by atoms with Crippen LogP contribution in [0.4, 0.5) is 10.1 Å². The van der Waals surface area contributed by atoms with Gasteiger partial charge in [-0.1, -0.05) is 30.3 Å². The molecule has 1 aliphatic rings. The van der Waals surface area contributed by atoms with Crippen molar-refractivity contribution in [1.29, 1.82) is 0 Å². The number of halogens is 1. The SMILES string of the molecule is O=C(C[C@@H]1Sc2ccccc2NC1=O)NCCc1ccccc1F. The standard InChI is InChI=1S/C18H17FN2O2S/c19-13-6-2-1-5-12(13)9-10-20-17(22)11-16-18(23)21-14-7-3-4-8-15(14)24-16/h1-8,16H,9-11H2,(H,20,22)(H,21,23)/t16-/m0/s1. The Morgan fingerprint density at radius 2 is 1.92 bits per heavy atom. The zero-order valence-corrected chi connectivity index (χ0v) is 13.7. The molecule has 2 amide bonds. The molecular formula is C18H17FN2O2S. The lowest BCUT2D eigenvalue weighted by molar-refractivity contribution is -0.124. The lowest BCUT2D eigenvalue weighted by Crippen LogP contribution is -2.35. The van der Waals surface area contributed by atoms with Gasteiger partial charge < -0.3 is 10.6 Å². The number of nitrogens with one attached hydrogen (secondary N) is 2. The topological polar surface area (TPSA) is 58.2 Å². The van der Waals surface area contributed by atoms with Crippen LogP contribution < -0.4 is 10.6 Å². The van der Waals surface area contributed by atoms with Crippen molar-refractivity contribution in [3.63, 3.8) is 0 Å². The molecule has 6 heteroatoms. The first-order chi connectivity index (χ1) is 11.6. The molecule has 1 heterocycles. The Kier molecular flexibility index (Phi) is 5.15. The van der Waals surface area contributed by atoms with Crippen molar-refractivity contribution in [2.45, 2.75) is 23.0 Å². The minimum atomic E-state index is -0.451. The van der Waals surface area contributed by atoms with E-state index in [9.17, 15) is 14.0 Å². The Hall–Kier alpha value is -2.34. The van der Waals surface area contributed by atoms with Crippen molar-refractivity contribution in [3.8, 4) is 0 Å². The summed E-state index contributed by atoms with van der Waals surface area (Å²) in [6.07, 6.45) is 0.521. The number of hydrogen-bond donors (Lipinski definition) is 2. The third kappa shape index (κ3) is 3.94. The lowest BCUT2D eigenvalue weighted by atomic mass is 10.1. The summed E-state index contributed by atoms with van der Waals surface area (Å²) in [7, 11) is 0. The van der Waals surface area contributed by atoms with E-state index >= 15 is 0 Å². The molecule has 1 atom stereocenters. The summed E-state index contributed by atoms with van der Waals surface area (Å²) in [5, 5.41) is 5.12. The molecule has 124 valence electrons. The molecule has 0 radical (unpaired) electrons. The quantitative estimate of drug-likeness (QED) is 0.877. The van der Waals surface area contributed by atoms with Gasteiger partial charge >= 0.3 is 0 Å². The number of amides is 2. The maximum atomic E-state index is 13.5. The van der Waals surface area contributed by atoms with Gasteiger partial charge in [0.25, 0.3) is 0 Å². The fourth-order valence-corrected chi connectivity index (χ4v) is 3.62. The van der Waals surface area contributed by atoms with E-state index in [-0.39, 0.29) is 24.1 Å². The minimum absolute atomic E-state index is 0.0993. The molecular weight excluding hydrogens is 327 g/mol. The summed E-state index contributed by atoms with van der Waals surface area (Å²) >= 11 is 1.39. The number of hydrogen-bond acceptors (Lipinski definition) is 3. The van der Waals surface area contributed by atoms with E-state index in [1.165, 1.54) is 17.8 Å². The number of rotatable bonds is 5. The van der Waals surface area contributed by atoms with E-state index in [1.807, 2.05) is 24.3 Å². The Bertz CT molecular complexity index is 766. The highest BCUT2D eigenvalue weighted by Gasteiger charge is 2.28. The van der Waals surface area contributed by atoms with E-state index in [0.29, 0.717) is 18.5 Å². The van der Waals surface area contributed by atoms with Crippen LogP contribution in [0.1, 0.15) is 12.0 Å². The summed E-state index contributed by atoms with van der Waals surface area (Å²) in [5.41, 5.74) is 1.35. The first-order valence-electron chi connectivity index (χ1n) is 7.70. The second-order valence-electron chi connectivity index (χ2n) is 5.49. The first-order valence-corrected chi connectivity index (χ1v) is 8.58.